The number of hydrazone groups is 1. The number of fused-ring (bicyclic) bond motifs is 1. The minimum atomic E-state index is -0.220. The Hall–Kier alpha value is -2.29. The van der Waals surface area contributed by atoms with Crippen LogP contribution in [0.3, 0.4) is 0 Å². The van der Waals surface area contributed by atoms with Crippen molar-refractivity contribution in [2.75, 3.05) is 20.0 Å². The number of carbonyl (C=O) groups is 1. The van der Waals surface area contributed by atoms with Gasteiger partial charge in [-0.3, -0.25) is 4.79 Å². The fraction of sp³-hybridized carbons (Fsp3) is 0.167. The lowest BCUT2D eigenvalue weighted by Crippen LogP contribution is -2.19. The average Bonchev–Trinajstić information content (AvgIpc) is 3.09. The van der Waals surface area contributed by atoms with Crippen LogP contribution in [-0.2, 0) is 4.79 Å². The Morgan fingerprint density at radius 3 is 2.89 bits per heavy atom. The van der Waals surface area contributed by atoms with E-state index in [9.17, 15) is 4.79 Å². The average molecular weight is 422 g/mol. The van der Waals surface area contributed by atoms with Crippen molar-refractivity contribution in [3.63, 3.8) is 0 Å². The van der Waals surface area contributed by atoms with Crippen molar-refractivity contribution in [1.29, 1.82) is 0 Å². The SMILES string of the molecule is COc1cc(/C=N\NC(=O)CSc2nc3ccccc3s2)cc(Cl)c1OC. The molecule has 1 amide bonds. The second kappa shape index (κ2) is 9.07. The zero-order chi connectivity index (χ0) is 19.2. The van der Waals surface area contributed by atoms with E-state index in [1.165, 1.54) is 32.2 Å². The van der Waals surface area contributed by atoms with Gasteiger partial charge in [0.2, 0.25) is 0 Å². The van der Waals surface area contributed by atoms with Gasteiger partial charge < -0.3 is 9.47 Å². The van der Waals surface area contributed by atoms with Crippen LogP contribution in [0.25, 0.3) is 10.2 Å². The fourth-order valence-corrected chi connectivity index (χ4v) is 4.42. The summed E-state index contributed by atoms with van der Waals surface area (Å²) in [4.78, 5) is 16.5. The number of nitrogens with one attached hydrogen (secondary N) is 1. The molecule has 2 aromatic carbocycles. The van der Waals surface area contributed by atoms with Crippen molar-refractivity contribution in [2.45, 2.75) is 4.34 Å². The highest BCUT2D eigenvalue weighted by molar-refractivity contribution is 8.01. The number of aromatic nitrogens is 1. The lowest BCUT2D eigenvalue weighted by molar-refractivity contribution is -0.118. The zero-order valence-corrected chi connectivity index (χ0v) is 17.0. The molecule has 1 N–H and O–H groups in total. The third-order valence-electron chi connectivity index (χ3n) is 3.46. The van der Waals surface area contributed by atoms with E-state index in [-0.39, 0.29) is 11.7 Å². The number of hydrogen-bond acceptors (Lipinski definition) is 7. The van der Waals surface area contributed by atoms with Crippen molar-refractivity contribution in [2.24, 2.45) is 5.10 Å². The van der Waals surface area contributed by atoms with E-state index in [2.05, 4.69) is 15.5 Å². The summed E-state index contributed by atoms with van der Waals surface area (Å²) in [5.74, 6) is 0.947. The van der Waals surface area contributed by atoms with Gasteiger partial charge in [-0.1, -0.05) is 35.5 Å². The first-order valence-electron chi connectivity index (χ1n) is 7.82. The molecule has 0 spiro atoms. The molecule has 0 bridgehead atoms. The molecule has 27 heavy (non-hydrogen) atoms. The molecule has 0 atom stereocenters. The first-order chi connectivity index (χ1) is 13.1. The second-order valence-electron chi connectivity index (χ2n) is 5.27. The standard InChI is InChI=1S/C18H16ClN3O3S2/c1-24-14-8-11(7-12(19)17(14)25-2)9-20-22-16(23)10-26-18-21-13-5-3-4-6-15(13)27-18/h3-9H,10H2,1-2H3,(H,22,23)/b20-9-. The van der Waals surface area contributed by atoms with Crippen molar-refractivity contribution >= 4 is 57.0 Å². The molecule has 3 rings (SSSR count). The summed E-state index contributed by atoms with van der Waals surface area (Å²) >= 11 is 9.08. The Balaban J connectivity index is 1.56. The summed E-state index contributed by atoms with van der Waals surface area (Å²) in [5, 5.41) is 4.36. The summed E-state index contributed by atoms with van der Waals surface area (Å²) in [6, 6.07) is 11.3. The molecule has 0 aliphatic carbocycles. The molecule has 6 nitrogen and oxygen atoms in total. The van der Waals surface area contributed by atoms with Crippen molar-refractivity contribution < 1.29 is 14.3 Å². The van der Waals surface area contributed by atoms with Gasteiger partial charge in [0, 0.05) is 0 Å². The van der Waals surface area contributed by atoms with Gasteiger partial charge in [-0.2, -0.15) is 5.10 Å². The summed E-state index contributed by atoms with van der Waals surface area (Å²) in [6.45, 7) is 0. The minimum absolute atomic E-state index is 0.220. The van der Waals surface area contributed by atoms with Crippen LogP contribution in [-0.4, -0.2) is 37.1 Å². The van der Waals surface area contributed by atoms with Crippen molar-refractivity contribution in [3.8, 4) is 11.5 Å². The smallest absolute Gasteiger partial charge is 0.250 e. The van der Waals surface area contributed by atoms with Crippen molar-refractivity contribution in [3.05, 3.63) is 47.0 Å². The van der Waals surface area contributed by atoms with Gasteiger partial charge in [-0.25, -0.2) is 10.4 Å². The monoisotopic (exact) mass is 421 g/mol. The van der Waals surface area contributed by atoms with E-state index in [0.717, 1.165) is 14.6 Å². The number of hydrogen-bond donors (Lipinski definition) is 1. The van der Waals surface area contributed by atoms with E-state index >= 15 is 0 Å². The predicted molar refractivity (Wildman–Crippen MR) is 111 cm³/mol. The molecular formula is C18H16ClN3O3S2. The lowest BCUT2D eigenvalue weighted by Gasteiger charge is -2.09. The number of methoxy groups -OCH3 is 2. The maximum Gasteiger partial charge on any atom is 0.250 e. The minimum Gasteiger partial charge on any atom is -0.493 e. The lowest BCUT2D eigenvalue weighted by atomic mass is 10.2. The molecule has 0 aliphatic heterocycles. The van der Waals surface area contributed by atoms with Crippen molar-refractivity contribution in [1.82, 2.24) is 10.4 Å². The normalized spacial score (nSPS) is 11.1. The zero-order valence-electron chi connectivity index (χ0n) is 14.6. The molecule has 0 aliphatic rings. The van der Waals surface area contributed by atoms with Crippen LogP contribution in [0.1, 0.15) is 5.56 Å². The Morgan fingerprint density at radius 2 is 2.15 bits per heavy atom. The van der Waals surface area contributed by atoms with Crippen LogP contribution in [0, 0.1) is 0 Å². The Kier molecular flexibility index (Phi) is 6.54. The van der Waals surface area contributed by atoms with E-state index < -0.39 is 0 Å². The first kappa shape index (κ1) is 19.5. The summed E-state index contributed by atoms with van der Waals surface area (Å²) in [7, 11) is 3.04. The van der Waals surface area contributed by atoms with E-state index in [1.807, 2.05) is 24.3 Å². The Bertz CT molecular complexity index is 958. The molecule has 0 unspecified atom stereocenters. The Labute approximate surface area is 169 Å². The molecular weight excluding hydrogens is 406 g/mol. The summed E-state index contributed by atoms with van der Waals surface area (Å²) < 4.78 is 12.4. The highest BCUT2D eigenvalue weighted by Crippen LogP contribution is 2.35. The molecule has 1 aromatic heterocycles. The highest BCUT2D eigenvalue weighted by atomic mass is 35.5. The van der Waals surface area contributed by atoms with Crippen LogP contribution in [0.4, 0.5) is 0 Å². The van der Waals surface area contributed by atoms with Crippen LogP contribution < -0.4 is 14.9 Å². The number of amides is 1. The van der Waals surface area contributed by atoms with Gasteiger partial charge in [-0.05, 0) is 29.8 Å². The topological polar surface area (TPSA) is 72.8 Å². The van der Waals surface area contributed by atoms with Gasteiger partial charge in [0.05, 0.1) is 41.4 Å². The highest BCUT2D eigenvalue weighted by Gasteiger charge is 2.10. The molecule has 1 heterocycles. The molecule has 0 fully saturated rings. The summed E-state index contributed by atoms with van der Waals surface area (Å²) in [6.07, 6.45) is 1.49. The third kappa shape index (κ3) is 4.91. The van der Waals surface area contributed by atoms with Gasteiger partial charge in [0.25, 0.3) is 5.91 Å². The molecule has 3 aromatic rings. The van der Waals surface area contributed by atoms with Gasteiger partial charge in [0.15, 0.2) is 15.8 Å². The second-order valence-corrected chi connectivity index (χ2v) is 7.93. The summed E-state index contributed by atoms with van der Waals surface area (Å²) in [5.41, 5.74) is 4.11. The van der Waals surface area contributed by atoms with E-state index in [0.29, 0.717) is 22.1 Å². The third-order valence-corrected chi connectivity index (χ3v) is 5.92. The number of nitrogens with zero attached hydrogens (tertiary/aromatic N) is 2. The number of thiazole rings is 1. The number of thioether (sulfide) groups is 1. The number of carbonyl (C=O) groups excluding carboxylic acids is 1. The number of benzene rings is 2. The number of rotatable bonds is 7. The van der Waals surface area contributed by atoms with Crippen LogP contribution >= 0.6 is 34.7 Å². The number of para-hydroxylation sites is 1. The molecule has 0 radical (unpaired) electrons. The predicted octanol–water partition coefficient (Wildman–Crippen LogP) is 4.21. The van der Waals surface area contributed by atoms with Gasteiger partial charge >= 0.3 is 0 Å². The first-order valence-corrected chi connectivity index (χ1v) is 10.0. The van der Waals surface area contributed by atoms with Gasteiger partial charge in [-0.15, -0.1) is 11.3 Å². The molecule has 0 saturated heterocycles. The maximum absolute atomic E-state index is 12.0. The molecule has 0 saturated carbocycles. The van der Waals surface area contributed by atoms with Crippen LogP contribution in [0.15, 0.2) is 45.8 Å². The fourth-order valence-electron chi connectivity index (χ4n) is 2.26. The van der Waals surface area contributed by atoms with Gasteiger partial charge in [0.1, 0.15) is 0 Å². The largest absolute Gasteiger partial charge is 0.493 e. The number of ether oxygens (including phenoxy) is 2. The van der Waals surface area contributed by atoms with Crippen LogP contribution in [0.5, 0.6) is 11.5 Å². The van der Waals surface area contributed by atoms with Crippen LogP contribution in [0.2, 0.25) is 5.02 Å². The molecule has 140 valence electrons. The van der Waals surface area contributed by atoms with E-state index in [1.54, 1.807) is 23.5 Å². The quantitative estimate of drug-likeness (QED) is 0.351. The number of halogens is 1. The maximum atomic E-state index is 12.0. The van der Waals surface area contributed by atoms with E-state index in [4.69, 9.17) is 21.1 Å². The molecule has 9 heteroatoms. The Morgan fingerprint density at radius 1 is 1.33 bits per heavy atom.